The van der Waals surface area contributed by atoms with Gasteiger partial charge in [-0.1, -0.05) is 6.92 Å². The smallest absolute Gasteiger partial charge is 0.226 e. The third-order valence-electron chi connectivity index (χ3n) is 3.47. The van der Waals surface area contributed by atoms with Gasteiger partial charge in [0.1, 0.15) is 0 Å². The highest BCUT2D eigenvalue weighted by atomic mass is 16.2. The van der Waals surface area contributed by atoms with E-state index < -0.39 is 0 Å². The Hall–Kier alpha value is -0.570. The molecule has 4 unspecified atom stereocenters. The molecule has 0 bridgehead atoms. The van der Waals surface area contributed by atoms with Crippen molar-refractivity contribution in [1.82, 2.24) is 10.2 Å². The number of carbonyl (C=O) groups excluding carboxylic acids is 1. The summed E-state index contributed by atoms with van der Waals surface area (Å²) in [5.41, 5.74) is 0. The minimum absolute atomic E-state index is 0.336. The van der Waals surface area contributed by atoms with Crippen molar-refractivity contribution in [2.45, 2.75) is 39.3 Å². The van der Waals surface area contributed by atoms with Crippen LogP contribution in [0.4, 0.5) is 0 Å². The average molecular weight is 196 g/mol. The molecule has 0 aromatic rings. The van der Waals surface area contributed by atoms with E-state index in [4.69, 9.17) is 0 Å². The first-order valence-corrected chi connectivity index (χ1v) is 5.63. The van der Waals surface area contributed by atoms with Crippen LogP contribution in [0.25, 0.3) is 0 Å². The highest BCUT2D eigenvalue weighted by Crippen LogP contribution is 2.39. The van der Waals surface area contributed by atoms with Crippen LogP contribution in [0.1, 0.15) is 27.2 Å². The summed E-state index contributed by atoms with van der Waals surface area (Å²) in [6.45, 7) is 8.25. The van der Waals surface area contributed by atoms with Gasteiger partial charge in [0.15, 0.2) is 0 Å². The fraction of sp³-hybridized carbons (Fsp3) is 0.909. The van der Waals surface area contributed by atoms with Crippen LogP contribution in [-0.4, -0.2) is 36.0 Å². The molecule has 1 aliphatic heterocycles. The van der Waals surface area contributed by atoms with Crippen LogP contribution in [-0.2, 0) is 4.79 Å². The summed E-state index contributed by atoms with van der Waals surface area (Å²) in [4.78, 5) is 14.1. The van der Waals surface area contributed by atoms with Gasteiger partial charge < -0.3 is 10.2 Å². The van der Waals surface area contributed by atoms with Crippen LogP contribution in [0.2, 0.25) is 0 Å². The molecule has 2 rings (SSSR count). The Morgan fingerprint density at radius 2 is 2.00 bits per heavy atom. The van der Waals surface area contributed by atoms with Gasteiger partial charge in [-0.3, -0.25) is 4.79 Å². The van der Waals surface area contributed by atoms with Gasteiger partial charge in [-0.25, -0.2) is 0 Å². The highest BCUT2D eigenvalue weighted by Gasteiger charge is 2.43. The predicted octanol–water partition coefficient (Wildman–Crippen LogP) is 0.851. The maximum absolute atomic E-state index is 12.0. The van der Waals surface area contributed by atoms with Crippen molar-refractivity contribution in [3.05, 3.63) is 0 Å². The molecule has 2 aliphatic rings. The van der Waals surface area contributed by atoms with Crippen LogP contribution >= 0.6 is 0 Å². The molecule has 14 heavy (non-hydrogen) atoms. The molecular weight excluding hydrogens is 176 g/mol. The summed E-state index contributed by atoms with van der Waals surface area (Å²) in [5, 5.41) is 3.39. The maximum Gasteiger partial charge on any atom is 0.226 e. The van der Waals surface area contributed by atoms with Gasteiger partial charge >= 0.3 is 0 Å². The Labute approximate surface area is 85.8 Å². The second kappa shape index (κ2) is 3.54. The number of nitrogens with one attached hydrogen (secondary N) is 1. The van der Waals surface area contributed by atoms with E-state index in [0.717, 1.165) is 19.5 Å². The minimum Gasteiger partial charge on any atom is -0.337 e. The average Bonchev–Trinajstić information content (AvgIpc) is 2.86. The van der Waals surface area contributed by atoms with E-state index in [1.165, 1.54) is 0 Å². The number of carbonyl (C=O) groups is 1. The molecule has 3 heteroatoms. The van der Waals surface area contributed by atoms with Gasteiger partial charge in [0.05, 0.1) is 0 Å². The van der Waals surface area contributed by atoms with Crippen molar-refractivity contribution in [1.29, 1.82) is 0 Å². The lowest BCUT2D eigenvalue weighted by molar-refractivity contribution is -0.136. The normalized spacial score (nSPS) is 42.4. The zero-order valence-corrected chi connectivity index (χ0v) is 9.29. The fourth-order valence-electron chi connectivity index (χ4n) is 2.21. The van der Waals surface area contributed by atoms with Crippen LogP contribution in [0.5, 0.6) is 0 Å². The summed E-state index contributed by atoms with van der Waals surface area (Å²) < 4.78 is 0. The number of piperazine rings is 1. The third-order valence-corrected chi connectivity index (χ3v) is 3.47. The fourth-order valence-corrected chi connectivity index (χ4v) is 2.21. The Morgan fingerprint density at radius 3 is 2.57 bits per heavy atom. The SMILES string of the molecule is CC1CN(C(=O)C2CC2C)C(C)CN1. The van der Waals surface area contributed by atoms with Crippen LogP contribution in [0.3, 0.4) is 0 Å². The number of hydrogen-bond acceptors (Lipinski definition) is 2. The quantitative estimate of drug-likeness (QED) is 0.674. The molecular formula is C11H20N2O. The zero-order chi connectivity index (χ0) is 10.3. The molecule has 0 radical (unpaired) electrons. The molecule has 0 aromatic heterocycles. The highest BCUT2D eigenvalue weighted by molar-refractivity contribution is 5.82. The molecule has 1 N–H and O–H groups in total. The first-order chi connectivity index (χ1) is 6.59. The predicted molar refractivity (Wildman–Crippen MR) is 55.9 cm³/mol. The van der Waals surface area contributed by atoms with E-state index in [-0.39, 0.29) is 0 Å². The van der Waals surface area contributed by atoms with Crippen molar-refractivity contribution in [2.24, 2.45) is 11.8 Å². The van der Waals surface area contributed by atoms with E-state index in [9.17, 15) is 4.79 Å². The maximum atomic E-state index is 12.0. The summed E-state index contributed by atoms with van der Waals surface area (Å²) in [7, 11) is 0. The van der Waals surface area contributed by atoms with Crippen molar-refractivity contribution >= 4 is 5.91 Å². The standard InChI is InChI=1S/C11H20N2O/c1-7-4-10(7)11(14)13-6-8(2)12-5-9(13)3/h7-10,12H,4-6H2,1-3H3. The van der Waals surface area contributed by atoms with Gasteiger partial charge in [-0.15, -0.1) is 0 Å². The number of hydrogen-bond donors (Lipinski definition) is 1. The molecule has 3 nitrogen and oxygen atoms in total. The van der Waals surface area contributed by atoms with Crippen LogP contribution in [0.15, 0.2) is 0 Å². The van der Waals surface area contributed by atoms with Gasteiger partial charge in [-0.05, 0) is 26.2 Å². The molecule has 80 valence electrons. The molecule has 1 saturated heterocycles. The second-order valence-corrected chi connectivity index (χ2v) is 4.97. The van der Waals surface area contributed by atoms with E-state index in [2.05, 4.69) is 31.0 Å². The lowest BCUT2D eigenvalue weighted by Crippen LogP contribution is -2.56. The van der Waals surface area contributed by atoms with Gasteiger partial charge in [0.25, 0.3) is 0 Å². The molecule has 0 aromatic carbocycles. The van der Waals surface area contributed by atoms with Crippen molar-refractivity contribution in [3.8, 4) is 0 Å². The van der Waals surface area contributed by atoms with E-state index in [1.807, 2.05) is 0 Å². The first kappa shape index (κ1) is 9.97. The van der Waals surface area contributed by atoms with E-state index >= 15 is 0 Å². The molecule has 1 aliphatic carbocycles. The zero-order valence-electron chi connectivity index (χ0n) is 9.29. The molecule has 1 saturated carbocycles. The lowest BCUT2D eigenvalue weighted by atomic mass is 10.1. The van der Waals surface area contributed by atoms with Crippen molar-refractivity contribution < 1.29 is 4.79 Å². The Bertz CT molecular complexity index is 241. The Morgan fingerprint density at radius 1 is 1.36 bits per heavy atom. The number of nitrogens with zero attached hydrogens (tertiary/aromatic N) is 1. The Balaban J connectivity index is 1.97. The summed E-state index contributed by atoms with van der Waals surface area (Å²) in [6, 6.07) is 0.815. The summed E-state index contributed by atoms with van der Waals surface area (Å²) in [5.74, 6) is 1.35. The Kier molecular flexibility index (Phi) is 2.52. The van der Waals surface area contributed by atoms with Crippen LogP contribution in [0, 0.1) is 11.8 Å². The first-order valence-electron chi connectivity index (χ1n) is 5.63. The topological polar surface area (TPSA) is 32.3 Å². The third kappa shape index (κ3) is 1.78. The van der Waals surface area contributed by atoms with Gasteiger partial charge in [0, 0.05) is 31.1 Å². The summed E-state index contributed by atoms with van der Waals surface area (Å²) in [6.07, 6.45) is 1.10. The minimum atomic E-state index is 0.336. The number of rotatable bonds is 1. The van der Waals surface area contributed by atoms with E-state index in [1.54, 1.807) is 0 Å². The van der Waals surface area contributed by atoms with Gasteiger partial charge in [0.2, 0.25) is 5.91 Å². The molecule has 4 atom stereocenters. The number of amides is 1. The van der Waals surface area contributed by atoms with Crippen LogP contribution < -0.4 is 5.32 Å². The molecule has 0 spiro atoms. The largest absolute Gasteiger partial charge is 0.337 e. The lowest BCUT2D eigenvalue weighted by Gasteiger charge is -2.37. The van der Waals surface area contributed by atoms with Gasteiger partial charge in [-0.2, -0.15) is 0 Å². The molecule has 1 heterocycles. The van der Waals surface area contributed by atoms with Crippen molar-refractivity contribution in [2.75, 3.05) is 13.1 Å². The van der Waals surface area contributed by atoms with Crippen molar-refractivity contribution in [3.63, 3.8) is 0 Å². The van der Waals surface area contributed by atoms with E-state index in [0.29, 0.717) is 29.8 Å². The monoisotopic (exact) mass is 196 g/mol. The molecule has 1 amide bonds. The second-order valence-electron chi connectivity index (χ2n) is 4.97. The summed E-state index contributed by atoms with van der Waals surface area (Å²) >= 11 is 0. The molecule has 2 fully saturated rings.